The van der Waals surface area contributed by atoms with Crippen LogP contribution in [0.1, 0.15) is 30.3 Å². The maximum atomic E-state index is 11.8. The van der Waals surface area contributed by atoms with Crippen molar-refractivity contribution in [1.29, 1.82) is 0 Å². The Morgan fingerprint density at radius 1 is 1.53 bits per heavy atom. The molecule has 2 N–H and O–H groups in total. The zero-order valence-corrected chi connectivity index (χ0v) is 10.1. The molecule has 0 radical (unpaired) electrons. The van der Waals surface area contributed by atoms with Crippen molar-refractivity contribution in [3.05, 3.63) is 11.6 Å². The Balaban J connectivity index is 2.66. The topological polar surface area (TPSA) is 99.2 Å². The molecule has 0 saturated carbocycles. The zero-order chi connectivity index (χ0) is 13.0. The summed E-state index contributed by atoms with van der Waals surface area (Å²) in [5.41, 5.74) is 0. The number of carbonyl (C=O) groups excluding carboxylic acids is 1. The Morgan fingerprint density at radius 3 is 2.65 bits per heavy atom. The predicted molar refractivity (Wildman–Crippen MR) is 59.5 cm³/mol. The van der Waals surface area contributed by atoms with Gasteiger partial charge in [-0.15, -0.1) is 5.10 Å². The van der Waals surface area contributed by atoms with Crippen molar-refractivity contribution in [3.63, 3.8) is 0 Å². The first-order valence-corrected chi connectivity index (χ1v) is 5.35. The van der Waals surface area contributed by atoms with Crippen LogP contribution < -0.4 is 0 Å². The van der Waals surface area contributed by atoms with E-state index in [2.05, 4.69) is 15.2 Å². The van der Waals surface area contributed by atoms with Gasteiger partial charge in [-0.25, -0.2) is 4.98 Å². The number of aromatic nitrogens is 3. The highest BCUT2D eigenvalue weighted by atomic mass is 16.4. The van der Waals surface area contributed by atoms with Crippen LogP contribution >= 0.6 is 0 Å². The van der Waals surface area contributed by atoms with Crippen LogP contribution in [0.3, 0.4) is 0 Å². The molecule has 0 bridgehead atoms. The summed E-state index contributed by atoms with van der Waals surface area (Å²) in [6.45, 7) is 3.57. The summed E-state index contributed by atoms with van der Waals surface area (Å²) in [6.07, 6.45) is 0.662. The Bertz CT molecular complexity index is 415. The van der Waals surface area contributed by atoms with E-state index in [1.165, 1.54) is 11.9 Å². The normalized spacial score (nSPS) is 12.2. The number of amides is 1. The van der Waals surface area contributed by atoms with E-state index in [4.69, 9.17) is 5.11 Å². The largest absolute Gasteiger partial charge is 0.481 e. The van der Waals surface area contributed by atoms with E-state index in [1.54, 1.807) is 6.92 Å². The molecular formula is C10H16N4O3. The van der Waals surface area contributed by atoms with Gasteiger partial charge in [-0.1, -0.05) is 13.8 Å². The minimum atomic E-state index is -0.936. The van der Waals surface area contributed by atoms with Crippen LogP contribution in [0.2, 0.25) is 0 Å². The number of aromatic amines is 1. The SMILES string of the molecule is CCc1nc(C(=O)N(C)CC(C)C(=O)O)n[nH]1. The minimum absolute atomic E-state index is 0.0712. The number of aliphatic carboxylic acids is 1. The number of nitrogens with zero attached hydrogens (tertiary/aromatic N) is 3. The number of H-pyrrole nitrogens is 1. The van der Waals surface area contributed by atoms with Gasteiger partial charge in [0.15, 0.2) is 0 Å². The lowest BCUT2D eigenvalue weighted by molar-refractivity contribution is -0.141. The molecule has 0 fully saturated rings. The maximum Gasteiger partial charge on any atom is 0.308 e. The first-order chi connectivity index (χ1) is 7.95. The second-order valence-electron chi connectivity index (χ2n) is 3.88. The number of carboxylic acids is 1. The Morgan fingerprint density at radius 2 is 2.18 bits per heavy atom. The third-order valence-corrected chi connectivity index (χ3v) is 2.37. The predicted octanol–water partition coefficient (Wildman–Crippen LogP) is 0.160. The van der Waals surface area contributed by atoms with Crippen molar-refractivity contribution in [2.45, 2.75) is 20.3 Å². The minimum Gasteiger partial charge on any atom is -0.481 e. The van der Waals surface area contributed by atoms with Gasteiger partial charge in [0.05, 0.1) is 5.92 Å². The first-order valence-electron chi connectivity index (χ1n) is 5.35. The van der Waals surface area contributed by atoms with E-state index in [0.717, 1.165) is 0 Å². The summed E-state index contributed by atoms with van der Waals surface area (Å²) in [7, 11) is 1.53. The fourth-order valence-electron chi connectivity index (χ4n) is 1.29. The molecule has 1 aromatic rings. The van der Waals surface area contributed by atoms with Gasteiger partial charge >= 0.3 is 5.97 Å². The lowest BCUT2D eigenvalue weighted by Gasteiger charge is -2.17. The second kappa shape index (κ2) is 5.42. The van der Waals surface area contributed by atoms with Crippen LogP contribution in [-0.4, -0.2) is 50.7 Å². The molecule has 1 aromatic heterocycles. The summed E-state index contributed by atoms with van der Waals surface area (Å²) in [6, 6.07) is 0. The van der Waals surface area contributed by atoms with Gasteiger partial charge in [0.2, 0.25) is 5.82 Å². The number of hydrogen-bond donors (Lipinski definition) is 2. The summed E-state index contributed by atoms with van der Waals surface area (Å²) in [5.74, 6) is -1.23. The molecule has 1 rings (SSSR count). The number of aryl methyl sites for hydroxylation is 1. The van der Waals surface area contributed by atoms with Crippen molar-refractivity contribution >= 4 is 11.9 Å². The van der Waals surface area contributed by atoms with Gasteiger partial charge in [-0.05, 0) is 0 Å². The van der Waals surface area contributed by atoms with Crippen LogP contribution in [0.15, 0.2) is 0 Å². The second-order valence-corrected chi connectivity index (χ2v) is 3.88. The summed E-state index contributed by atoms with van der Waals surface area (Å²) in [4.78, 5) is 27.8. The fraction of sp³-hybridized carbons (Fsp3) is 0.600. The molecule has 0 aliphatic rings. The van der Waals surface area contributed by atoms with Crippen LogP contribution in [-0.2, 0) is 11.2 Å². The van der Waals surface area contributed by atoms with Crippen LogP contribution in [0, 0.1) is 5.92 Å². The molecule has 0 aliphatic carbocycles. The number of nitrogens with one attached hydrogen (secondary N) is 1. The summed E-state index contributed by atoms with van der Waals surface area (Å²) >= 11 is 0. The molecule has 1 atom stereocenters. The van der Waals surface area contributed by atoms with Crippen LogP contribution in [0.5, 0.6) is 0 Å². The van der Waals surface area contributed by atoms with E-state index in [1.807, 2.05) is 6.92 Å². The lowest BCUT2D eigenvalue weighted by atomic mass is 10.2. The molecule has 1 amide bonds. The maximum absolute atomic E-state index is 11.8. The van der Waals surface area contributed by atoms with Gasteiger partial charge in [0.25, 0.3) is 5.91 Å². The van der Waals surface area contributed by atoms with E-state index >= 15 is 0 Å². The highest BCUT2D eigenvalue weighted by Gasteiger charge is 2.21. The molecule has 0 spiro atoms. The van der Waals surface area contributed by atoms with Gasteiger partial charge in [-0.2, -0.15) is 0 Å². The molecule has 0 aliphatic heterocycles. The average Bonchev–Trinajstić information content (AvgIpc) is 2.76. The number of carboxylic acid groups (broad SMARTS) is 1. The first kappa shape index (κ1) is 13.1. The Hall–Kier alpha value is -1.92. The Labute approximate surface area is 98.8 Å². The van der Waals surface area contributed by atoms with E-state index in [0.29, 0.717) is 12.2 Å². The van der Waals surface area contributed by atoms with Crippen molar-refractivity contribution in [2.24, 2.45) is 5.92 Å². The highest BCUT2D eigenvalue weighted by Crippen LogP contribution is 2.03. The molecule has 0 saturated heterocycles. The van der Waals surface area contributed by atoms with E-state index < -0.39 is 11.9 Å². The van der Waals surface area contributed by atoms with Gasteiger partial charge < -0.3 is 10.0 Å². The lowest BCUT2D eigenvalue weighted by Crippen LogP contribution is -2.34. The van der Waals surface area contributed by atoms with Crippen molar-refractivity contribution in [3.8, 4) is 0 Å². The third-order valence-electron chi connectivity index (χ3n) is 2.37. The van der Waals surface area contributed by atoms with E-state index in [-0.39, 0.29) is 18.3 Å². The van der Waals surface area contributed by atoms with Gasteiger partial charge in [0.1, 0.15) is 5.82 Å². The average molecular weight is 240 g/mol. The standard InChI is InChI=1S/C10H16N4O3/c1-4-7-11-8(13-12-7)9(15)14(3)5-6(2)10(16)17/h6H,4-5H2,1-3H3,(H,16,17)(H,11,12,13). The molecule has 0 aromatic carbocycles. The number of rotatable bonds is 5. The highest BCUT2D eigenvalue weighted by molar-refractivity contribution is 5.90. The molecule has 1 unspecified atom stereocenters. The van der Waals surface area contributed by atoms with Crippen molar-refractivity contribution in [2.75, 3.05) is 13.6 Å². The van der Waals surface area contributed by atoms with E-state index in [9.17, 15) is 9.59 Å². The summed E-state index contributed by atoms with van der Waals surface area (Å²) < 4.78 is 0. The quantitative estimate of drug-likeness (QED) is 0.763. The Kier molecular flexibility index (Phi) is 4.19. The fourth-order valence-corrected chi connectivity index (χ4v) is 1.29. The van der Waals surface area contributed by atoms with Crippen LogP contribution in [0.4, 0.5) is 0 Å². The molecule has 7 heteroatoms. The van der Waals surface area contributed by atoms with Gasteiger partial charge in [-0.3, -0.25) is 14.7 Å². The monoisotopic (exact) mass is 240 g/mol. The van der Waals surface area contributed by atoms with Gasteiger partial charge in [0, 0.05) is 20.0 Å². The molecule has 94 valence electrons. The molecule has 1 heterocycles. The zero-order valence-electron chi connectivity index (χ0n) is 10.1. The molecular weight excluding hydrogens is 224 g/mol. The van der Waals surface area contributed by atoms with Crippen LogP contribution in [0.25, 0.3) is 0 Å². The number of carbonyl (C=O) groups is 2. The van der Waals surface area contributed by atoms with Crippen molar-refractivity contribution in [1.82, 2.24) is 20.1 Å². The molecule has 17 heavy (non-hydrogen) atoms. The summed E-state index contributed by atoms with van der Waals surface area (Å²) in [5, 5.41) is 15.2. The third kappa shape index (κ3) is 3.27. The number of hydrogen-bond acceptors (Lipinski definition) is 4. The van der Waals surface area contributed by atoms with Crippen molar-refractivity contribution < 1.29 is 14.7 Å². The smallest absolute Gasteiger partial charge is 0.308 e. The molecule has 7 nitrogen and oxygen atoms in total.